The van der Waals surface area contributed by atoms with Gasteiger partial charge in [-0.1, -0.05) is 139 Å². The molecule has 6 aromatic carbocycles. The Kier molecular flexibility index (Phi) is 5.66. The lowest BCUT2D eigenvalue weighted by Crippen LogP contribution is -1.90. The van der Waals surface area contributed by atoms with E-state index in [1.165, 1.54) is 54.9 Å². The van der Waals surface area contributed by atoms with E-state index in [2.05, 4.69) is 121 Å². The van der Waals surface area contributed by atoms with Crippen molar-refractivity contribution in [3.05, 3.63) is 144 Å². The number of hydrogen-bond donors (Lipinski definition) is 0. The summed E-state index contributed by atoms with van der Waals surface area (Å²) in [4.78, 5) is 0. The first-order valence-electron chi connectivity index (χ1n) is 11.8. The molecule has 0 heterocycles. The van der Waals surface area contributed by atoms with Crippen molar-refractivity contribution in [3.63, 3.8) is 0 Å². The van der Waals surface area contributed by atoms with Crippen molar-refractivity contribution in [2.45, 2.75) is 0 Å². The number of rotatable bonds is 4. The Balaban J connectivity index is 1.53. The Labute approximate surface area is 210 Å². The van der Waals surface area contributed by atoms with Gasteiger partial charge in [0.2, 0.25) is 0 Å². The molecule has 6 rings (SSSR count). The lowest BCUT2D eigenvalue weighted by Gasteiger charge is -2.17. The van der Waals surface area contributed by atoms with Gasteiger partial charge in [-0.2, -0.15) is 0 Å². The number of hydrogen-bond acceptors (Lipinski definition) is 0. The lowest BCUT2D eigenvalue weighted by atomic mass is 9.86. The van der Waals surface area contributed by atoms with Crippen LogP contribution < -0.4 is 0 Å². The SMILES string of the molecule is Clc1ccc(-c2c3ccccc3c(-c3ccc(/C=C/c4ccccc4)cc3)c3ccccc23)cc1. The molecule has 0 bridgehead atoms. The molecule has 0 N–H and O–H groups in total. The third kappa shape index (κ3) is 4.14. The second kappa shape index (κ2) is 9.25. The van der Waals surface area contributed by atoms with Crippen molar-refractivity contribution in [3.8, 4) is 22.3 Å². The largest absolute Gasteiger partial charge is 0.0843 e. The fourth-order valence-electron chi connectivity index (χ4n) is 4.88. The van der Waals surface area contributed by atoms with Gasteiger partial charge in [0.15, 0.2) is 0 Å². The van der Waals surface area contributed by atoms with Gasteiger partial charge >= 0.3 is 0 Å². The van der Waals surface area contributed by atoms with E-state index in [1.807, 2.05) is 18.2 Å². The molecule has 35 heavy (non-hydrogen) atoms. The quantitative estimate of drug-likeness (QED) is 0.179. The van der Waals surface area contributed by atoms with E-state index in [9.17, 15) is 0 Å². The molecular weight excluding hydrogens is 444 g/mol. The van der Waals surface area contributed by atoms with Crippen molar-refractivity contribution in [2.24, 2.45) is 0 Å². The summed E-state index contributed by atoms with van der Waals surface area (Å²) in [5.41, 5.74) is 7.30. The maximum Gasteiger partial charge on any atom is 0.0406 e. The summed E-state index contributed by atoms with van der Waals surface area (Å²) in [5.74, 6) is 0. The predicted molar refractivity (Wildman–Crippen MR) is 153 cm³/mol. The van der Waals surface area contributed by atoms with Crippen LogP contribution in [0.3, 0.4) is 0 Å². The molecule has 0 aromatic heterocycles. The molecular formula is C34H23Cl. The zero-order valence-electron chi connectivity index (χ0n) is 19.2. The van der Waals surface area contributed by atoms with Crippen molar-refractivity contribution in [1.29, 1.82) is 0 Å². The molecule has 0 spiro atoms. The third-order valence-electron chi connectivity index (χ3n) is 6.53. The number of fused-ring (bicyclic) bond motifs is 2. The van der Waals surface area contributed by atoms with Crippen LogP contribution in [-0.4, -0.2) is 0 Å². The fourth-order valence-corrected chi connectivity index (χ4v) is 5.01. The first-order chi connectivity index (χ1) is 17.3. The molecule has 0 nitrogen and oxygen atoms in total. The molecule has 0 saturated carbocycles. The van der Waals surface area contributed by atoms with E-state index in [0.717, 1.165) is 5.02 Å². The highest BCUT2D eigenvalue weighted by Gasteiger charge is 2.16. The predicted octanol–water partition coefficient (Wildman–Crippen LogP) is 10.2. The second-order valence-corrected chi connectivity index (χ2v) is 9.15. The van der Waals surface area contributed by atoms with Crippen LogP contribution in [0, 0.1) is 0 Å². The van der Waals surface area contributed by atoms with Gasteiger partial charge in [-0.05, 0) is 67.1 Å². The highest BCUT2D eigenvalue weighted by molar-refractivity contribution is 6.30. The molecule has 0 amide bonds. The van der Waals surface area contributed by atoms with Crippen molar-refractivity contribution in [1.82, 2.24) is 0 Å². The molecule has 0 radical (unpaired) electrons. The van der Waals surface area contributed by atoms with E-state index in [1.54, 1.807) is 0 Å². The van der Waals surface area contributed by atoms with Gasteiger partial charge in [0, 0.05) is 5.02 Å². The number of halogens is 1. The Bertz CT molecular complexity index is 1600. The van der Waals surface area contributed by atoms with E-state index in [4.69, 9.17) is 11.6 Å². The molecule has 0 fully saturated rings. The molecule has 6 aromatic rings. The minimum Gasteiger partial charge on any atom is -0.0843 e. The summed E-state index contributed by atoms with van der Waals surface area (Å²) in [7, 11) is 0. The molecule has 0 unspecified atom stereocenters. The van der Waals surface area contributed by atoms with Gasteiger partial charge in [-0.15, -0.1) is 0 Å². The van der Waals surface area contributed by atoms with Crippen LogP contribution in [0.2, 0.25) is 5.02 Å². The normalized spacial score (nSPS) is 11.5. The van der Waals surface area contributed by atoms with Crippen LogP contribution in [0.25, 0.3) is 56.0 Å². The topological polar surface area (TPSA) is 0 Å². The maximum absolute atomic E-state index is 6.21. The van der Waals surface area contributed by atoms with E-state index >= 15 is 0 Å². The fraction of sp³-hybridized carbons (Fsp3) is 0. The van der Waals surface area contributed by atoms with Crippen molar-refractivity contribution >= 4 is 45.3 Å². The molecule has 1 heteroatoms. The highest BCUT2D eigenvalue weighted by Crippen LogP contribution is 2.43. The first kappa shape index (κ1) is 21.4. The van der Waals surface area contributed by atoms with E-state index in [0.29, 0.717) is 0 Å². The van der Waals surface area contributed by atoms with Crippen LogP contribution in [0.4, 0.5) is 0 Å². The number of benzene rings is 6. The Morgan fingerprint density at radius 3 is 1.20 bits per heavy atom. The standard InChI is InChI=1S/C34H23Cl/c35-28-22-20-27(21-23-28)34-31-12-6-4-10-29(31)33(30-11-5-7-13-32(30)34)26-18-16-25(17-19-26)15-14-24-8-2-1-3-9-24/h1-23H/b15-14+. The van der Waals surface area contributed by atoms with E-state index in [-0.39, 0.29) is 0 Å². The minimum absolute atomic E-state index is 0.750. The second-order valence-electron chi connectivity index (χ2n) is 8.71. The molecule has 0 aliphatic heterocycles. The highest BCUT2D eigenvalue weighted by atomic mass is 35.5. The van der Waals surface area contributed by atoms with Crippen molar-refractivity contribution in [2.75, 3.05) is 0 Å². The average Bonchev–Trinajstić information content (AvgIpc) is 2.92. The third-order valence-corrected chi connectivity index (χ3v) is 6.78. The molecule has 0 aliphatic carbocycles. The summed E-state index contributed by atoms with van der Waals surface area (Å²) >= 11 is 6.21. The van der Waals surface area contributed by atoms with Crippen LogP contribution in [0.1, 0.15) is 11.1 Å². The van der Waals surface area contributed by atoms with Crippen LogP contribution in [-0.2, 0) is 0 Å². The smallest absolute Gasteiger partial charge is 0.0406 e. The van der Waals surface area contributed by atoms with Crippen molar-refractivity contribution < 1.29 is 0 Å². The lowest BCUT2D eigenvalue weighted by molar-refractivity contribution is 1.63. The van der Waals surface area contributed by atoms with Gasteiger partial charge in [0.1, 0.15) is 0 Å². The van der Waals surface area contributed by atoms with Gasteiger partial charge in [0.25, 0.3) is 0 Å². The summed E-state index contributed by atoms with van der Waals surface area (Å²) < 4.78 is 0. The zero-order chi connectivity index (χ0) is 23.6. The van der Waals surface area contributed by atoms with E-state index < -0.39 is 0 Å². The molecule has 0 saturated heterocycles. The summed E-state index contributed by atoms with van der Waals surface area (Å²) in [6.45, 7) is 0. The van der Waals surface area contributed by atoms with Crippen LogP contribution in [0.5, 0.6) is 0 Å². The molecule has 0 aliphatic rings. The van der Waals surface area contributed by atoms with Crippen LogP contribution in [0.15, 0.2) is 127 Å². The molecule has 0 atom stereocenters. The van der Waals surface area contributed by atoms with Gasteiger partial charge in [0.05, 0.1) is 0 Å². The Morgan fingerprint density at radius 1 is 0.371 bits per heavy atom. The van der Waals surface area contributed by atoms with Gasteiger partial charge in [-0.25, -0.2) is 0 Å². The Hall–Kier alpha value is -4.13. The molecule has 166 valence electrons. The summed E-state index contributed by atoms with van der Waals surface area (Å²) in [6.07, 6.45) is 4.32. The summed E-state index contributed by atoms with van der Waals surface area (Å²) in [5, 5.41) is 5.75. The monoisotopic (exact) mass is 466 g/mol. The van der Waals surface area contributed by atoms with Gasteiger partial charge < -0.3 is 0 Å². The maximum atomic E-state index is 6.21. The van der Waals surface area contributed by atoms with Crippen LogP contribution >= 0.6 is 11.6 Å². The summed E-state index contributed by atoms with van der Waals surface area (Å²) in [6, 6.07) is 44.9. The van der Waals surface area contributed by atoms with Gasteiger partial charge in [-0.3, -0.25) is 0 Å². The minimum atomic E-state index is 0.750. The zero-order valence-corrected chi connectivity index (χ0v) is 19.9. The first-order valence-corrected chi connectivity index (χ1v) is 12.2. The average molecular weight is 467 g/mol. The Morgan fingerprint density at radius 2 is 0.743 bits per heavy atom.